The van der Waals surface area contributed by atoms with Gasteiger partial charge in [0.1, 0.15) is 0 Å². The van der Waals surface area contributed by atoms with Crippen LogP contribution in [0.2, 0.25) is 0 Å². The van der Waals surface area contributed by atoms with Crippen LogP contribution in [0.1, 0.15) is 18.4 Å². The summed E-state index contributed by atoms with van der Waals surface area (Å²) in [5.74, 6) is 1.54. The van der Waals surface area contributed by atoms with E-state index in [1.54, 1.807) is 11.8 Å². The monoisotopic (exact) mass is 340 g/mol. The summed E-state index contributed by atoms with van der Waals surface area (Å²) in [7, 11) is 0. The number of carbonyl (C=O) groups excluding carboxylic acids is 1. The van der Waals surface area contributed by atoms with Crippen LogP contribution in [0.5, 0.6) is 0 Å². The van der Waals surface area contributed by atoms with E-state index in [-0.39, 0.29) is 5.91 Å². The van der Waals surface area contributed by atoms with Gasteiger partial charge in [0.25, 0.3) is 0 Å². The van der Waals surface area contributed by atoms with E-state index in [0.717, 1.165) is 25.3 Å². The molecule has 126 valence electrons. The van der Waals surface area contributed by atoms with Crippen LogP contribution >= 0.6 is 11.8 Å². The molecule has 2 aromatic carbocycles. The maximum absolute atomic E-state index is 12.1. The fourth-order valence-corrected chi connectivity index (χ4v) is 3.94. The van der Waals surface area contributed by atoms with Gasteiger partial charge >= 0.3 is 0 Å². The molecule has 0 aromatic heterocycles. The number of hydrogen-bond acceptors (Lipinski definition) is 3. The first-order valence-electron chi connectivity index (χ1n) is 8.53. The summed E-state index contributed by atoms with van der Waals surface area (Å²) in [6.45, 7) is 1.81. The van der Waals surface area contributed by atoms with E-state index in [9.17, 15) is 4.79 Å². The van der Waals surface area contributed by atoms with Gasteiger partial charge in [-0.05, 0) is 30.5 Å². The van der Waals surface area contributed by atoms with Gasteiger partial charge in [-0.2, -0.15) is 0 Å². The third kappa shape index (κ3) is 4.78. The first kappa shape index (κ1) is 16.9. The van der Waals surface area contributed by atoms with Crippen molar-refractivity contribution in [2.75, 3.05) is 23.7 Å². The Hall–Kier alpha value is -1.94. The molecule has 3 rings (SSSR count). The molecule has 0 radical (unpaired) electrons. The predicted octanol–water partition coefficient (Wildman–Crippen LogP) is 3.71. The molecule has 1 aliphatic heterocycles. The Bertz CT molecular complexity index is 633. The van der Waals surface area contributed by atoms with Crippen LogP contribution in [-0.2, 0) is 10.5 Å². The van der Waals surface area contributed by atoms with Crippen LogP contribution in [0.15, 0.2) is 60.7 Å². The molecule has 1 aliphatic rings. The lowest BCUT2D eigenvalue weighted by Crippen LogP contribution is -2.40. The molecule has 0 saturated carbocycles. The summed E-state index contributed by atoms with van der Waals surface area (Å²) in [5, 5.41) is 3.11. The van der Waals surface area contributed by atoms with Gasteiger partial charge in [0.2, 0.25) is 5.91 Å². The van der Waals surface area contributed by atoms with Crippen molar-refractivity contribution in [3.8, 4) is 0 Å². The van der Waals surface area contributed by atoms with Crippen molar-refractivity contribution in [2.24, 2.45) is 0 Å². The fraction of sp³-hybridized carbons (Fsp3) is 0.350. The number of nitrogens with one attached hydrogen (secondary N) is 1. The van der Waals surface area contributed by atoms with Gasteiger partial charge in [-0.1, -0.05) is 48.5 Å². The summed E-state index contributed by atoms with van der Waals surface area (Å²) in [6.07, 6.45) is 2.34. The Kier molecular flexibility index (Phi) is 6.19. The van der Waals surface area contributed by atoms with Gasteiger partial charge in [0.05, 0.1) is 5.75 Å². The number of nitrogens with zero attached hydrogens (tertiary/aromatic N) is 1. The molecule has 3 nitrogen and oxygen atoms in total. The lowest BCUT2D eigenvalue weighted by molar-refractivity contribution is -0.118. The van der Waals surface area contributed by atoms with Crippen LogP contribution < -0.4 is 10.2 Å². The van der Waals surface area contributed by atoms with Crippen LogP contribution in [0.3, 0.4) is 0 Å². The number of amides is 1. The molecule has 2 aromatic rings. The number of para-hydroxylation sites is 1. The second-order valence-corrected chi connectivity index (χ2v) is 7.09. The van der Waals surface area contributed by atoms with Gasteiger partial charge in [-0.25, -0.2) is 0 Å². The maximum atomic E-state index is 12.1. The molecule has 4 heteroatoms. The van der Waals surface area contributed by atoms with E-state index in [1.807, 2.05) is 24.3 Å². The molecular weight excluding hydrogens is 316 g/mol. The number of hydrogen-bond donors (Lipinski definition) is 1. The quantitative estimate of drug-likeness (QED) is 0.834. The molecule has 1 fully saturated rings. The average molecular weight is 340 g/mol. The highest BCUT2D eigenvalue weighted by Crippen LogP contribution is 2.24. The second kappa shape index (κ2) is 8.78. The van der Waals surface area contributed by atoms with E-state index in [2.05, 4.69) is 46.6 Å². The van der Waals surface area contributed by atoms with Crippen LogP contribution in [-0.4, -0.2) is 30.8 Å². The molecule has 24 heavy (non-hydrogen) atoms. The number of carbonyl (C=O) groups is 1. The van der Waals surface area contributed by atoms with Crippen molar-refractivity contribution in [3.05, 3.63) is 66.2 Å². The van der Waals surface area contributed by atoms with Crippen molar-refractivity contribution in [2.45, 2.75) is 24.6 Å². The third-order valence-corrected chi connectivity index (χ3v) is 5.35. The molecule has 1 heterocycles. The zero-order valence-corrected chi connectivity index (χ0v) is 14.7. The summed E-state index contributed by atoms with van der Waals surface area (Å²) < 4.78 is 0. The fourth-order valence-electron chi connectivity index (χ4n) is 3.13. The zero-order chi connectivity index (χ0) is 16.6. The van der Waals surface area contributed by atoms with Gasteiger partial charge in [-0.3, -0.25) is 4.79 Å². The van der Waals surface area contributed by atoms with Crippen LogP contribution in [0.4, 0.5) is 5.69 Å². The Balaban J connectivity index is 1.41. The topological polar surface area (TPSA) is 32.3 Å². The summed E-state index contributed by atoms with van der Waals surface area (Å²) in [6, 6.07) is 21.2. The van der Waals surface area contributed by atoms with Gasteiger partial charge in [0, 0.05) is 30.6 Å². The highest BCUT2D eigenvalue weighted by molar-refractivity contribution is 7.99. The Labute approximate surface area is 148 Å². The predicted molar refractivity (Wildman–Crippen MR) is 102 cm³/mol. The lowest BCUT2D eigenvalue weighted by Gasteiger charge is -2.27. The summed E-state index contributed by atoms with van der Waals surface area (Å²) in [4.78, 5) is 14.5. The number of rotatable bonds is 7. The van der Waals surface area contributed by atoms with Gasteiger partial charge in [-0.15, -0.1) is 11.8 Å². The average Bonchev–Trinajstić information content (AvgIpc) is 3.10. The summed E-state index contributed by atoms with van der Waals surface area (Å²) >= 11 is 1.67. The Morgan fingerprint density at radius 2 is 1.79 bits per heavy atom. The molecule has 1 N–H and O–H groups in total. The minimum absolute atomic E-state index is 0.135. The Morgan fingerprint density at radius 3 is 2.54 bits per heavy atom. The van der Waals surface area contributed by atoms with Crippen LogP contribution in [0.25, 0.3) is 0 Å². The third-order valence-electron chi connectivity index (χ3n) is 4.34. The lowest BCUT2D eigenvalue weighted by atomic mass is 10.2. The smallest absolute Gasteiger partial charge is 0.230 e. The zero-order valence-electron chi connectivity index (χ0n) is 13.9. The molecule has 1 atom stereocenters. The first-order chi connectivity index (χ1) is 11.8. The standard InChI is InChI=1S/C20H24N2OS/c23-20(16-24-15-17-8-3-1-4-9-17)21-14-19-12-7-13-22(19)18-10-5-2-6-11-18/h1-6,8-11,19H,7,12-16H2,(H,21,23)/t19-/m0/s1. The molecule has 0 spiro atoms. The van der Waals surface area contributed by atoms with Gasteiger partial charge < -0.3 is 10.2 Å². The molecule has 1 amide bonds. The molecule has 0 unspecified atom stereocenters. The second-order valence-electron chi connectivity index (χ2n) is 6.11. The highest BCUT2D eigenvalue weighted by Gasteiger charge is 2.24. The minimum atomic E-state index is 0.135. The van der Waals surface area contributed by atoms with Crippen molar-refractivity contribution in [3.63, 3.8) is 0 Å². The van der Waals surface area contributed by atoms with E-state index in [1.165, 1.54) is 17.7 Å². The van der Waals surface area contributed by atoms with Crippen molar-refractivity contribution in [1.82, 2.24) is 5.32 Å². The SMILES string of the molecule is O=C(CSCc1ccccc1)NC[C@@H]1CCCN1c1ccccc1. The normalized spacial score (nSPS) is 17.0. The number of thioether (sulfide) groups is 1. The van der Waals surface area contributed by atoms with E-state index in [0.29, 0.717) is 11.8 Å². The largest absolute Gasteiger partial charge is 0.367 e. The van der Waals surface area contributed by atoms with E-state index < -0.39 is 0 Å². The van der Waals surface area contributed by atoms with Crippen LogP contribution in [0, 0.1) is 0 Å². The molecule has 0 aliphatic carbocycles. The molecule has 1 saturated heterocycles. The minimum Gasteiger partial charge on any atom is -0.367 e. The maximum Gasteiger partial charge on any atom is 0.230 e. The first-order valence-corrected chi connectivity index (χ1v) is 9.68. The number of benzene rings is 2. The van der Waals surface area contributed by atoms with Gasteiger partial charge in [0.15, 0.2) is 0 Å². The van der Waals surface area contributed by atoms with E-state index >= 15 is 0 Å². The van der Waals surface area contributed by atoms with Crippen molar-refractivity contribution in [1.29, 1.82) is 0 Å². The van der Waals surface area contributed by atoms with Crippen molar-refractivity contribution < 1.29 is 4.79 Å². The van der Waals surface area contributed by atoms with Crippen molar-refractivity contribution >= 4 is 23.4 Å². The number of anilines is 1. The highest BCUT2D eigenvalue weighted by atomic mass is 32.2. The summed E-state index contributed by atoms with van der Waals surface area (Å²) in [5.41, 5.74) is 2.52. The Morgan fingerprint density at radius 1 is 1.08 bits per heavy atom. The van der Waals surface area contributed by atoms with E-state index in [4.69, 9.17) is 0 Å². The molecule has 0 bridgehead atoms. The molecular formula is C20H24N2OS.